The standard InChI is InChI=1S/C20H24ClNO5/c1-5-26-19-17(21)10-14(11-18(19)25-4)12-22-20(23)13(2)27-16-8-6-15(24-3)7-9-16/h6-11,13H,5,12H2,1-4H3,(H,22,23). The van der Waals surface area contributed by atoms with E-state index in [0.29, 0.717) is 28.9 Å². The molecule has 0 bridgehead atoms. The van der Waals surface area contributed by atoms with Gasteiger partial charge in [0.05, 0.1) is 25.8 Å². The number of rotatable bonds is 9. The monoisotopic (exact) mass is 393 g/mol. The van der Waals surface area contributed by atoms with Crippen molar-refractivity contribution in [3.8, 4) is 23.0 Å². The highest BCUT2D eigenvalue weighted by Crippen LogP contribution is 2.36. The van der Waals surface area contributed by atoms with E-state index >= 15 is 0 Å². The van der Waals surface area contributed by atoms with E-state index in [1.54, 1.807) is 57.5 Å². The molecule has 0 aliphatic carbocycles. The highest BCUT2D eigenvalue weighted by Gasteiger charge is 2.16. The van der Waals surface area contributed by atoms with Crippen LogP contribution in [0.15, 0.2) is 36.4 Å². The zero-order valence-corrected chi connectivity index (χ0v) is 16.6. The Morgan fingerprint density at radius 2 is 1.78 bits per heavy atom. The Kier molecular flexibility index (Phi) is 7.61. The third-order valence-corrected chi connectivity index (χ3v) is 4.07. The normalized spacial score (nSPS) is 11.4. The molecule has 2 aromatic rings. The van der Waals surface area contributed by atoms with Gasteiger partial charge in [-0.1, -0.05) is 11.6 Å². The molecule has 0 aromatic heterocycles. The lowest BCUT2D eigenvalue weighted by molar-refractivity contribution is -0.127. The van der Waals surface area contributed by atoms with Gasteiger partial charge in [0.2, 0.25) is 0 Å². The zero-order chi connectivity index (χ0) is 19.8. The van der Waals surface area contributed by atoms with E-state index in [1.165, 1.54) is 0 Å². The first-order chi connectivity index (χ1) is 13.0. The topological polar surface area (TPSA) is 66.0 Å². The van der Waals surface area contributed by atoms with Gasteiger partial charge in [-0.3, -0.25) is 4.79 Å². The predicted octanol–water partition coefficient (Wildman–Crippen LogP) is 3.84. The molecular weight excluding hydrogens is 370 g/mol. The highest BCUT2D eigenvalue weighted by atomic mass is 35.5. The van der Waals surface area contributed by atoms with Crippen molar-refractivity contribution in [2.75, 3.05) is 20.8 Å². The van der Waals surface area contributed by atoms with Crippen molar-refractivity contribution in [1.29, 1.82) is 0 Å². The van der Waals surface area contributed by atoms with Gasteiger partial charge in [-0.15, -0.1) is 0 Å². The van der Waals surface area contributed by atoms with E-state index < -0.39 is 6.10 Å². The Morgan fingerprint density at radius 1 is 1.11 bits per heavy atom. The maximum absolute atomic E-state index is 12.3. The summed E-state index contributed by atoms with van der Waals surface area (Å²) in [5.74, 6) is 2.09. The van der Waals surface area contributed by atoms with Gasteiger partial charge < -0.3 is 24.3 Å². The van der Waals surface area contributed by atoms with E-state index in [-0.39, 0.29) is 12.5 Å². The third-order valence-electron chi connectivity index (χ3n) is 3.79. The minimum absolute atomic E-state index is 0.241. The van der Waals surface area contributed by atoms with E-state index in [4.69, 9.17) is 30.5 Å². The Bertz CT molecular complexity index is 764. The quantitative estimate of drug-likeness (QED) is 0.701. The maximum Gasteiger partial charge on any atom is 0.261 e. The maximum atomic E-state index is 12.3. The lowest BCUT2D eigenvalue weighted by atomic mass is 10.2. The van der Waals surface area contributed by atoms with Gasteiger partial charge in [-0.25, -0.2) is 0 Å². The number of ether oxygens (including phenoxy) is 4. The smallest absolute Gasteiger partial charge is 0.261 e. The first kappa shape index (κ1) is 20.7. The van der Waals surface area contributed by atoms with Crippen molar-refractivity contribution >= 4 is 17.5 Å². The van der Waals surface area contributed by atoms with Crippen LogP contribution in [0.3, 0.4) is 0 Å². The molecule has 27 heavy (non-hydrogen) atoms. The van der Waals surface area contributed by atoms with Crippen LogP contribution >= 0.6 is 11.6 Å². The molecule has 0 aliphatic rings. The van der Waals surface area contributed by atoms with Crippen LogP contribution in [0.1, 0.15) is 19.4 Å². The molecule has 0 heterocycles. The second kappa shape index (κ2) is 9.92. The van der Waals surface area contributed by atoms with Crippen molar-refractivity contribution in [2.24, 2.45) is 0 Å². The first-order valence-electron chi connectivity index (χ1n) is 8.56. The Balaban J connectivity index is 1.96. The summed E-state index contributed by atoms with van der Waals surface area (Å²) in [6.45, 7) is 4.32. The summed E-state index contributed by atoms with van der Waals surface area (Å²) in [5.41, 5.74) is 0.797. The molecule has 0 saturated heterocycles. The van der Waals surface area contributed by atoms with Crippen LogP contribution in [0.2, 0.25) is 5.02 Å². The van der Waals surface area contributed by atoms with Crippen molar-refractivity contribution in [3.63, 3.8) is 0 Å². The average molecular weight is 394 g/mol. The number of carbonyl (C=O) groups is 1. The predicted molar refractivity (Wildman–Crippen MR) is 104 cm³/mol. The number of methoxy groups -OCH3 is 2. The second-order valence-corrected chi connectivity index (χ2v) is 6.10. The summed E-state index contributed by atoms with van der Waals surface area (Å²) in [4.78, 5) is 12.3. The van der Waals surface area contributed by atoms with Crippen LogP contribution in [-0.2, 0) is 11.3 Å². The van der Waals surface area contributed by atoms with E-state index in [1.807, 2.05) is 6.92 Å². The molecule has 1 N–H and O–H groups in total. The summed E-state index contributed by atoms with van der Waals surface area (Å²) in [6, 6.07) is 10.6. The Hall–Kier alpha value is -2.60. The zero-order valence-electron chi connectivity index (χ0n) is 15.9. The number of amides is 1. The molecule has 0 aliphatic heterocycles. The van der Waals surface area contributed by atoms with Crippen molar-refractivity contribution < 1.29 is 23.7 Å². The fraction of sp³-hybridized carbons (Fsp3) is 0.350. The van der Waals surface area contributed by atoms with Crippen LogP contribution < -0.4 is 24.3 Å². The lowest BCUT2D eigenvalue weighted by Crippen LogP contribution is -2.35. The largest absolute Gasteiger partial charge is 0.497 e. The van der Waals surface area contributed by atoms with Crippen molar-refractivity contribution in [1.82, 2.24) is 5.32 Å². The van der Waals surface area contributed by atoms with Gasteiger partial charge in [-0.2, -0.15) is 0 Å². The molecule has 2 aromatic carbocycles. The number of hydrogen-bond acceptors (Lipinski definition) is 5. The Labute approximate surface area is 164 Å². The summed E-state index contributed by atoms with van der Waals surface area (Å²) in [5, 5.41) is 3.26. The molecule has 6 nitrogen and oxygen atoms in total. The molecule has 0 fully saturated rings. The van der Waals surface area contributed by atoms with Gasteiger partial charge in [-0.05, 0) is 55.8 Å². The van der Waals surface area contributed by atoms with Gasteiger partial charge in [0, 0.05) is 6.54 Å². The summed E-state index contributed by atoms with van der Waals surface area (Å²) >= 11 is 6.25. The molecule has 1 amide bonds. The number of carbonyl (C=O) groups excluding carboxylic acids is 1. The van der Waals surface area contributed by atoms with E-state index in [0.717, 1.165) is 11.3 Å². The molecule has 1 unspecified atom stereocenters. The van der Waals surface area contributed by atoms with Crippen LogP contribution in [0, 0.1) is 0 Å². The van der Waals surface area contributed by atoms with Gasteiger partial charge >= 0.3 is 0 Å². The molecule has 0 radical (unpaired) electrons. The summed E-state index contributed by atoms with van der Waals surface area (Å²) in [6.07, 6.45) is -0.654. The summed E-state index contributed by atoms with van der Waals surface area (Å²) in [7, 11) is 3.13. The van der Waals surface area contributed by atoms with Crippen LogP contribution in [0.5, 0.6) is 23.0 Å². The molecule has 146 valence electrons. The summed E-state index contributed by atoms with van der Waals surface area (Å²) < 4.78 is 21.5. The van der Waals surface area contributed by atoms with E-state index in [9.17, 15) is 4.79 Å². The molecule has 0 spiro atoms. The van der Waals surface area contributed by atoms with E-state index in [2.05, 4.69) is 5.32 Å². The molecule has 1 atom stereocenters. The minimum Gasteiger partial charge on any atom is -0.497 e. The average Bonchev–Trinajstić information content (AvgIpc) is 2.68. The highest BCUT2D eigenvalue weighted by molar-refractivity contribution is 6.32. The van der Waals surface area contributed by atoms with Gasteiger partial charge in [0.15, 0.2) is 17.6 Å². The number of nitrogens with one attached hydrogen (secondary N) is 1. The third kappa shape index (κ3) is 5.69. The SMILES string of the molecule is CCOc1c(Cl)cc(CNC(=O)C(C)Oc2ccc(OC)cc2)cc1OC. The number of halogens is 1. The number of hydrogen-bond donors (Lipinski definition) is 1. The van der Waals surface area contributed by atoms with Gasteiger partial charge in [0.25, 0.3) is 5.91 Å². The Morgan fingerprint density at radius 3 is 2.37 bits per heavy atom. The molecular formula is C20H24ClNO5. The van der Waals surface area contributed by atoms with Crippen LogP contribution in [0.25, 0.3) is 0 Å². The van der Waals surface area contributed by atoms with Gasteiger partial charge in [0.1, 0.15) is 11.5 Å². The first-order valence-corrected chi connectivity index (χ1v) is 8.93. The lowest BCUT2D eigenvalue weighted by Gasteiger charge is -2.16. The molecule has 7 heteroatoms. The fourth-order valence-electron chi connectivity index (χ4n) is 2.40. The molecule has 2 rings (SSSR count). The minimum atomic E-state index is -0.654. The van der Waals surface area contributed by atoms with Crippen LogP contribution in [0.4, 0.5) is 0 Å². The second-order valence-electron chi connectivity index (χ2n) is 5.70. The van der Waals surface area contributed by atoms with Crippen molar-refractivity contribution in [2.45, 2.75) is 26.5 Å². The number of benzene rings is 2. The van der Waals surface area contributed by atoms with Crippen LogP contribution in [-0.4, -0.2) is 32.8 Å². The fourth-order valence-corrected chi connectivity index (χ4v) is 2.69. The van der Waals surface area contributed by atoms with Crippen molar-refractivity contribution in [3.05, 3.63) is 47.0 Å². The molecule has 0 saturated carbocycles.